The van der Waals surface area contributed by atoms with E-state index in [4.69, 9.17) is 5.73 Å². The standard InChI is InChI=1S/C21H28N2O3S/c1-4-16-9-11-17(12-10-16)21(23-20(24)13-8-15(2)22)18-6-5-7-19(14-18)27(3,25)26/h5-7,9-12,14-15,21H,4,8,13,22H2,1-3H3,(H,23,24). The molecule has 0 aliphatic carbocycles. The van der Waals surface area contributed by atoms with Crippen molar-refractivity contribution in [3.63, 3.8) is 0 Å². The minimum atomic E-state index is -3.33. The average molecular weight is 389 g/mol. The van der Waals surface area contributed by atoms with Gasteiger partial charge >= 0.3 is 0 Å². The number of nitrogens with two attached hydrogens (primary N) is 1. The molecule has 0 bridgehead atoms. The lowest BCUT2D eigenvalue weighted by molar-refractivity contribution is -0.121. The third-order valence-electron chi connectivity index (χ3n) is 4.47. The van der Waals surface area contributed by atoms with Crippen LogP contribution in [0.25, 0.3) is 0 Å². The lowest BCUT2D eigenvalue weighted by atomic mass is 9.97. The molecule has 0 saturated heterocycles. The van der Waals surface area contributed by atoms with Crippen LogP contribution in [-0.2, 0) is 21.1 Å². The van der Waals surface area contributed by atoms with Crippen LogP contribution in [-0.4, -0.2) is 26.6 Å². The summed E-state index contributed by atoms with van der Waals surface area (Å²) >= 11 is 0. The number of sulfone groups is 1. The maximum atomic E-state index is 12.4. The highest BCUT2D eigenvalue weighted by Crippen LogP contribution is 2.25. The maximum Gasteiger partial charge on any atom is 0.220 e. The molecule has 5 nitrogen and oxygen atoms in total. The Hall–Kier alpha value is -2.18. The van der Waals surface area contributed by atoms with Crippen molar-refractivity contribution in [2.45, 2.75) is 50.1 Å². The van der Waals surface area contributed by atoms with Gasteiger partial charge in [-0.05, 0) is 48.6 Å². The molecule has 2 atom stereocenters. The van der Waals surface area contributed by atoms with Crippen molar-refractivity contribution in [2.75, 3.05) is 6.26 Å². The average Bonchev–Trinajstić information content (AvgIpc) is 2.64. The van der Waals surface area contributed by atoms with Gasteiger partial charge in [-0.15, -0.1) is 0 Å². The summed E-state index contributed by atoms with van der Waals surface area (Å²) < 4.78 is 23.9. The number of hydrogen-bond donors (Lipinski definition) is 2. The SMILES string of the molecule is CCc1ccc(C(NC(=O)CCC(C)N)c2cccc(S(C)(=O)=O)c2)cc1. The number of aryl methyl sites for hydroxylation is 1. The fourth-order valence-electron chi connectivity index (χ4n) is 2.82. The largest absolute Gasteiger partial charge is 0.345 e. The van der Waals surface area contributed by atoms with E-state index in [2.05, 4.69) is 12.2 Å². The predicted molar refractivity (Wildman–Crippen MR) is 108 cm³/mol. The summed E-state index contributed by atoms with van der Waals surface area (Å²) in [6.45, 7) is 3.95. The first-order chi connectivity index (χ1) is 12.7. The molecular formula is C21H28N2O3S. The van der Waals surface area contributed by atoms with Gasteiger partial charge < -0.3 is 11.1 Å². The first kappa shape index (κ1) is 21.1. The van der Waals surface area contributed by atoms with E-state index in [0.717, 1.165) is 17.5 Å². The highest BCUT2D eigenvalue weighted by atomic mass is 32.2. The zero-order chi connectivity index (χ0) is 20.0. The van der Waals surface area contributed by atoms with E-state index in [1.807, 2.05) is 37.3 Å². The normalized spacial score (nSPS) is 13.8. The van der Waals surface area contributed by atoms with Gasteiger partial charge in [-0.2, -0.15) is 0 Å². The summed E-state index contributed by atoms with van der Waals surface area (Å²) in [5, 5.41) is 3.03. The maximum absolute atomic E-state index is 12.4. The molecule has 0 aromatic heterocycles. The van der Waals surface area contributed by atoms with E-state index >= 15 is 0 Å². The Kier molecular flexibility index (Phi) is 7.16. The number of carbonyl (C=O) groups is 1. The quantitative estimate of drug-likeness (QED) is 0.727. The van der Waals surface area contributed by atoms with Gasteiger partial charge in [-0.25, -0.2) is 8.42 Å². The fourth-order valence-corrected chi connectivity index (χ4v) is 3.50. The second kappa shape index (κ2) is 9.15. The number of amides is 1. The summed E-state index contributed by atoms with van der Waals surface area (Å²) in [6, 6.07) is 14.3. The van der Waals surface area contributed by atoms with Crippen molar-refractivity contribution in [1.82, 2.24) is 5.32 Å². The van der Waals surface area contributed by atoms with E-state index in [-0.39, 0.29) is 16.8 Å². The molecule has 0 aliphatic heterocycles. The van der Waals surface area contributed by atoms with E-state index in [0.29, 0.717) is 12.8 Å². The van der Waals surface area contributed by atoms with Gasteiger partial charge in [0.25, 0.3) is 0 Å². The van der Waals surface area contributed by atoms with Crippen molar-refractivity contribution < 1.29 is 13.2 Å². The van der Waals surface area contributed by atoms with Crippen LogP contribution in [0, 0.1) is 0 Å². The molecular weight excluding hydrogens is 360 g/mol. The number of carbonyl (C=O) groups excluding carboxylic acids is 1. The van der Waals surface area contributed by atoms with Gasteiger partial charge in [0.05, 0.1) is 10.9 Å². The fraction of sp³-hybridized carbons (Fsp3) is 0.381. The first-order valence-electron chi connectivity index (χ1n) is 9.14. The minimum absolute atomic E-state index is 0.0494. The number of benzene rings is 2. The molecule has 146 valence electrons. The lowest BCUT2D eigenvalue weighted by Gasteiger charge is -2.21. The third kappa shape index (κ3) is 6.19. The van der Waals surface area contributed by atoms with E-state index in [1.54, 1.807) is 18.2 Å². The van der Waals surface area contributed by atoms with Crippen LogP contribution >= 0.6 is 0 Å². The van der Waals surface area contributed by atoms with Crippen LogP contribution in [0.1, 0.15) is 49.4 Å². The first-order valence-corrected chi connectivity index (χ1v) is 11.0. The number of nitrogens with one attached hydrogen (secondary N) is 1. The Bertz CT molecular complexity index is 875. The molecule has 1 amide bonds. The monoisotopic (exact) mass is 388 g/mol. The molecule has 27 heavy (non-hydrogen) atoms. The van der Waals surface area contributed by atoms with Gasteiger partial charge in [0, 0.05) is 18.7 Å². The van der Waals surface area contributed by atoms with Crippen molar-refractivity contribution in [3.05, 3.63) is 65.2 Å². The van der Waals surface area contributed by atoms with Gasteiger partial charge in [0.2, 0.25) is 5.91 Å². The Labute approximate surface area is 161 Å². The van der Waals surface area contributed by atoms with Gasteiger partial charge in [0.15, 0.2) is 9.84 Å². The second-order valence-corrected chi connectivity index (χ2v) is 8.97. The minimum Gasteiger partial charge on any atom is -0.345 e. The van der Waals surface area contributed by atoms with Crippen LogP contribution in [0.2, 0.25) is 0 Å². The Morgan fingerprint density at radius 1 is 1.11 bits per heavy atom. The Balaban J connectivity index is 2.38. The molecule has 2 aromatic rings. The van der Waals surface area contributed by atoms with Crippen molar-refractivity contribution in [1.29, 1.82) is 0 Å². The number of rotatable bonds is 8. The van der Waals surface area contributed by atoms with E-state index in [9.17, 15) is 13.2 Å². The molecule has 0 fully saturated rings. The second-order valence-electron chi connectivity index (χ2n) is 6.96. The number of hydrogen-bond acceptors (Lipinski definition) is 4. The van der Waals surface area contributed by atoms with Crippen molar-refractivity contribution in [2.24, 2.45) is 5.73 Å². The molecule has 2 rings (SSSR count). The highest BCUT2D eigenvalue weighted by Gasteiger charge is 2.19. The molecule has 2 aromatic carbocycles. The summed E-state index contributed by atoms with van der Waals surface area (Å²) in [7, 11) is -3.33. The highest BCUT2D eigenvalue weighted by molar-refractivity contribution is 7.90. The summed E-state index contributed by atoms with van der Waals surface area (Å²) in [5.41, 5.74) is 8.59. The van der Waals surface area contributed by atoms with Crippen molar-refractivity contribution >= 4 is 15.7 Å². The Morgan fingerprint density at radius 3 is 2.33 bits per heavy atom. The third-order valence-corrected chi connectivity index (χ3v) is 5.58. The predicted octanol–water partition coefficient (Wildman–Crippen LogP) is 2.99. The zero-order valence-corrected chi connectivity index (χ0v) is 16.9. The van der Waals surface area contributed by atoms with Crippen LogP contribution in [0.5, 0.6) is 0 Å². The van der Waals surface area contributed by atoms with Gasteiger partial charge in [0.1, 0.15) is 0 Å². The van der Waals surface area contributed by atoms with Gasteiger partial charge in [-0.1, -0.05) is 43.3 Å². The van der Waals surface area contributed by atoms with Crippen LogP contribution in [0.3, 0.4) is 0 Å². The lowest BCUT2D eigenvalue weighted by Crippen LogP contribution is -2.30. The zero-order valence-electron chi connectivity index (χ0n) is 16.1. The van der Waals surface area contributed by atoms with Crippen LogP contribution in [0.15, 0.2) is 53.4 Å². The molecule has 6 heteroatoms. The van der Waals surface area contributed by atoms with Gasteiger partial charge in [-0.3, -0.25) is 4.79 Å². The topological polar surface area (TPSA) is 89.3 Å². The molecule has 0 saturated carbocycles. The van der Waals surface area contributed by atoms with E-state index in [1.165, 1.54) is 11.8 Å². The van der Waals surface area contributed by atoms with Crippen LogP contribution < -0.4 is 11.1 Å². The molecule has 2 unspecified atom stereocenters. The molecule has 0 heterocycles. The summed E-state index contributed by atoms with van der Waals surface area (Å²) in [6.07, 6.45) is 3.03. The Morgan fingerprint density at radius 2 is 1.78 bits per heavy atom. The molecule has 3 N–H and O–H groups in total. The van der Waals surface area contributed by atoms with Crippen LogP contribution in [0.4, 0.5) is 0 Å². The van der Waals surface area contributed by atoms with Crippen molar-refractivity contribution in [3.8, 4) is 0 Å². The summed E-state index contributed by atoms with van der Waals surface area (Å²) in [5.74, 6) is -0.110. The van der Waals surface area contributed by atoms with E-state index < -0.39 is 15.9 Å². The molecule has 0 aliphatic rings. The smallest absolute Gasteiger partial charge is 0.220 e. The summed E-state index contributed by atoms with van der Waals surface area (Å²) in [4.78, 5) is 12.7. The molecule has 0 radical (unpaired) electrons. The molecule has 0 spiro atoms.